The molecule has 2 fully saturated rings. The van der Waals surface area contributed by atoms with Crippen molar-refractivity contribution in [3.63, 3.8) is 0 Å². The molecule has 2 atom stereocenters. The van der Waals surface area contributed by atoms with Crippen LogP contribution >= 0.6 is 0 Å². The van der Waals surface area contributed by atoms with Crippen LogP contribution in [0, 0.1) is 5.92 Å². The van der Waals surface area contributed by atoms with E-state index in [1.165, 1.54) is 16.4 Å². The summed E-state index contributed by atoms with van der Waals surface area (Å²) in [6.07, 6.45) is 2.25. The van der Waals surface area contributed by atoms with E-state index in [0.29, 0.717) is 37.2 Å². The van der Waals surface area contributed by atoms with Crippen molar-refractivity contribution in [2.45, 2.75) is 49.5 Å². The minimum Gasteiger partial charge on any atom is -0.481 e. The van der Waals surface area contributed by atoms with E-state index in [1.54, 1.807) is 47.4 Å². The number of nitrogens with zero attached hydrogens (tertiary/aromatic N) is 2. The minimum atomic E-state index is -3.85. The summed E-state index contributed by atoms with van der Waals surface area (Å²) in [5.41, 5.74) is 0.677. The maximum absolute atomic E-state index is 13.1. The zero-order valence-corrected chi connectivity index (χ0v) is 20.7. The number of aliphatic carboxylic acids is 1. The molecular weight excluding hydrogens is 484 g/mol. The van der Waals surface area contributed by atoms with Crippen molar-refractivity contribution in [2.24, 2.45) is 5.92 Å². The van der Waals surface area contributed by atoms with Crippen LogP contribution in [0.4, 0.5) is 4.79 Å². The van der Waals surface area contributed by atoms with Crippen LogP contribution in [0.25, 0.3) is 0 Å². The number of carboxylic acids is 1. The van der Waals surface area contributed by atoms with Crippen LogP contribution in [0.5, 0.6) is 5.75 Å². The fourth-order valence-corrected chi connectivity index (χ4v) is 6.45. The van der Waals surface area contributed by atoms with Gasteiger partial charge in [-0.25, -0.2) is 13.2 Å². The highest BCUT2D eigenvalue weighted by Crippen LogP contribution is 2.29. The Labute approximate surface area is 210 Å². The number of sulfonamides is 1. The molecule has 2 aromatic rings. The number of ketones is 1. The van der Waals surface area contributed by atoms with E-state index in [9.17, 15) is 27.9 Å². The summed E-state index contributed by atoms with van der Waals surface area (Å²) in [4.78, 5) is 39.0. The van der Waals surface area contributed by atoms with Crippen molar-refractivity contribution >= 4 is 27.9 Å². The number of carbonyl (C=O) groups excluding carboxylic acids is 2. The molecule has 0 aliphatic carbocycles. The van der Waals surface area contributed by atoms with Gasteiger partial charge in [0.25, 0.3) is 0 Å². The highest BCUT2D eigenvalue weighted by molar-refractivity contribution is 7.89. The Morgan fingerprint density at radius 3 is 2.25 bits per heavy atom. The summed E-state index contributed by atoms with van der Waals surface area (Å²) in [5.74, 6) is -2.15. The van der Waals surface area contributed by atoms with Gasteiger partial charge in [-0.1, -0.05) is 30.3 Å². The summed E-state index contributed by atoms with van der Waals surface area (Å²) in [7, 11) is -3.85. The standard InChI is InChI=1S/C26H30N2O7S/c29-24(23-9-6-16-28(23)36(33,34)22-7-2-1-3-8-22)18-20(25(30)31)17-19-10-12-21(13-11-19)35-26(32)27-14-4-5-15-27/h1-3,7-8,10-13,20,23H,4-6,9,14-18H2,(H,30,31). The largest absolute Gasteiger partial charge is 0.481 e. The number of rotatable bonds is 9. The highest BCUT2D eigenvalue weighted by Gasteiger charge is 2.40. The van der Waals surface area contributed by atoms with Gasteiger partial charge in [0, 0.05) is 26.1 Å². The van der Waals surface area contributed by atoms with Gasteiger partial charge >= 0.3 is 12.1 Å². The number of likely N-dealkylation sites (tertiary alicyclic amines) is 1. The average molecular weight is 515 g/mol. The van der Waals surface area contributed by atoms with Gasteiger partial charge in [-0.15, -0.1) is 0 Å². The molecule has 2 aliphatic heterocycles. The second-order valence-corrected chi connectivity index (χ2v) is 11.1. The van der Waals surface area contributed by atoms with E-state index in [0.717, 1.165) is 12.8 Å². The molecule has 2 heterocycles. The third kappa shape index (κ3) is 5.93. The first kappa shape index (κ1) is 25.8. The van der Waals surface area contributed by atoms with Gasteiger partial charge in [-0.2, -0.15) is 4.31 Å². The molecule has 9 nitrogen and oxygen atoms in total. The van der Waals surface area contributed by atoms with Gasteiger partial charge in [0.1, 0.15) is 5.75 Å². The van der Waals surface area contributed by atoms with Crippen molar-refractivity contribution in [1.29, 1.82) is 0 Å². The number of amides is 1. The molecular formula is C26H30N2O7S. The molecule has 1 amide bonds. The van der Waals surface area contributed by atoms with Crippen molar-refractivity contribution in [3.8, 4) is 5.75 Å². The van der Waals surface area contributed by atoms with E-state index < -0.39 is 39.8 Å². The SMILES string of the molecule is O=C(O)C(CC(=O)C1CCCN1S(=O)(=O)c1ccccc1)Cc1ccc(OC(=O)N2CCCC2)cc1. The first-order valence-electron chi connectivity index (χ1n) is 12.1. The summed E-state index contributed by atoms with van der Waals surface area (Å²) in [6, 6.07) is 13.6. The number of hydrogen-bond acceptors (Lipinski definition) is 6. The molecule has 0 saturated carbocycles. The van der Waals surface area contributed by atoms with E-state index in [1.807, 2.05) is 0 Å². The molecule has 4 rings (SSSR count). The van der Waals surface area contributed by atoms with Crippen LogP contribution in [0.15, 0.2) is 59.5 Å². The van der Waals surface area contributed by atoms with E-state index in [2.05, 4.69) is 0 Å². The minimum absolute atomic E-state index is 0.0968. The fraction of sp³-hybridized carbons (Fsp3) is 0.423. The molecule has 192 valence electrons. The van der Waals surface area contributed by atoms with Crippen molar-refractivity contribution < 1.29 is 32.6 Å². The quantitative estimate of drug-likeness (QED) is 0.545. The van der Waals surface area contributed by atoms with Crippen LogP contribution in [-0.2, 0) is 26.0 Å². The Balaban J connectivity index is 1.39. The predicted molar refractivity (Wildman–Crippen MR) is 131 cm³/mol. The number of carbonyl (C=O) groups is 3. The van der Waals surface area contributed by atoms with Crippen molar-refractivity contribution in [1.82, 2.24) is 9.21 Å². The smallest absolute Gasteiger partial charge is 0.415 e. The molecule has 1 N–H and O–H groups in total. The molecule has 2 unspecified atom stereocenters. The van der Waals surface area contributed by atoms with Crippen LogP contribution in [0.2, 0.25) is 0 Å². The maximum atomic E-state index is 13.1. The van der Waals surface area contributed by atoms with Crippen LogP contribution in [0.1, 0.15) is 37.7 Å². The lowest BCUT2D eigenvalue weighted by Gasteiger charge is -2.24. The van der Waals surface area contributed by atoms with E-state index >= 15 is 0 Å². The lowest BCUT2D eigenvalue weighted by atomic mass is 9.92. The number of hydrogen-bond donors (Lipinski definition) is 1. The summed E-state index contributed by atoms with van der Waals surface area (Å²) < 4.78 is 32.7. The molecule has 10 heteroatoms. The summed E-state index contributed by atoms with van der Waals surface area (Å²) in [6.45, 7) is 1.58. The second kappa shape index (κ2) is 11.2. The first-order chi connectivity index (χ1) is 17.3. The summed E-state index contributed by atoms with van der Waals surface area (Å²) in [5, 5.41) is 9.77. The molecule has 0 radical (unpaired) electrons. The lowest BCUT2D eigenvalue weighted by Crippen LogP contribution is -2.41. The zero-order chi connectivity index (χ0) is 25.7. The van der Waals surface area contributed by atoms with Crippen LogP contribution in [0.3, 0.4) is 0 Å². The Morgan fingerprint density at radius 2 is 1.61 bits per heavy atom. The Kier molecular flexibility index (Phi) is 8.05. The van der Waals surface area contributed by atoms with Gasteiger partial charge in [0.2, 0.25) is 10.0 Å². The Hall–Kier alpha value is -3.24. The second-order valence-electron chi connectivity index (χ2n) is 9.20. The number of ether oxygens (including phenoxy) is 1. The van der Waals surface area contributed by atoms with Gasteiger partial charge in [0.15, 0.2) is 5.78 Å². The number of benzene rings is 2. The third-order valence-corrected chi connectivity index (χ3v) is 8.62. The van der Waals surface area contributed by atoms with E-state index in [4.69, 9.17) is 4.74 Å². The van der Waals surface area contributed by atoms with Gasteiger partial charge < -0.3 is 14.7 Å². The lowest BCUT2D eigenvalue weighted by molar-refractivity contribution is -0.144. The molecule has 0 spiro atoms. The third-order valence-electron chi connectivity index (χ3n) is 6.70. The average Bonchev–Trinajstić information content (AvgIpc) is 3.58. The molecule has 0 aromatic heterocycles. The van der Waals surface area contributed by atoms with Crippen molar-refractivity contribution in [3.05, 3.63) is 60.2 Å². The first-order valence-corrected chi connectivity index (χ1v) is 13.6. The van der Waals surface area contributed by atoms with Gasteiger partial charge in [-0.3, -0.25) is 9.59 Å². The summed E-state index contributed by atoms with van der Waals surface area (Å²) >= 11 is 0. The van der Waals surface area contributed by atoms with E-state index in [-0.39, 0.29) is 24.3 Å². The monoisotopic (exact) mass is 514 g/mol. The molecule has 2 saturated heterocycles. The number of carboxylic acid groups (broad SMARTS) is 1. The van der Waals surface area contributed by atoms with Crippen molar-refractivity contribution in [2.75, 3.05) is 19.6 Å². The number of Topliss-reactive ketones (excluding diaryl/α,β-unsaturated/α-hetero) is 1. The van der Waals surface area contributed by atoms with Crippen LogP contribution < -0.4 is 4.74 Å². The van der Waals surface area contributed by atoms with Crippen LogP contribution in [-0.4, -0.2) is 66.3 Å². The fourth-order valence-electron chi connectivity index (χ4n) is 4.75. The molecule has 2 aliphatic rings. The molecule has 36 heavy (non-hydrogen) atoms. The molecule has 2 aromatic carbocycles. The Bertz CT molecular complexity index is 1190. The predicted octanol–water partition coefficient (Wildman–Crippen LogP) is 3.34. The maximum Gasteiger partial charge on any atom is 0.415 e. The Morgan fingerprint density at radius 1 is 0.944 bits per heavy atom. The van der Waals surface area contributed by atoms with Gasteiger partial charge in [0.05, 0.1) is 16.9 Å². The highest BCUT2D eigenvalue weighted by atomic mass is 32.2. The topological polar surface area (TPSA) is 121 Å². The normalized spacial score (nSPS) is 19.2. The van der Waals surface area contributed by atoms with Gasteiger partial charge in [-0.05, 0) is 61.9 Å². The zero-order valence-electron chi connectivity index (χ0n) is 19.9. The molecule has 0 bridgehead atoms.